The summed E-state index contributed by atoms with van der Waals surface area (Å²) >= 11 is 5.96. The molecule has 1 heterocycles. The van der Waals surface area contributed by atoms with E-state index in [1.54, 1.807) is 6.20 Å². The van der Waals surface area contributed by atoms with E-state index in [0.29, 0.717) is 0 Å². The topological polar surface area (TPSA) is 36.0 Å². The van der Waals surface area contributed by atoms with Gasteiger partial charge < -0.3 is 10.1 Å². The van der Waals surface area contributed by atoms with Crippen LogP contribution in [0.5, 0.6) is 0 Å². The molecule has 14 heavy (non-hydrogen) atoms. The van der Waals surface area contributed by atoms with Crippen molar-refractivity contribution in [2.75, 3.05) is 6.61 Å². The Morgan fingerprint density at radius 2 is 2.21 bits per heavy atom. The SMILES string of the molecule is OCCCc1ccc2c(Cl)c[nH]c2c1. The van der Waals surface area contributed by atoms with Crippen molar-refractivity contribution >= 4 is 22.5 Å². The van der Waals surface area contributed by atoms with Gasteiger partial charge in [-0.3, -0.25) is 0 Å². The number of rotatable bonds is 3. The molecule has 0 saturated carbocycles. The molecule has 2 rings (SSSR count). The zero-order valence-corrected chi connectivity index (χ0v) is 8.51. The van der Waals surface area contributed by atoms with Crippen LogP contribution in [0, 0.1) is 0 Å². The van der Waals surface area contributed by atoms with Crippen LogP contribution >= 0.6 is 11.6 Å². The quantitative estimate of drug-likeness (QED) is 0.801. The van der Waals surface area contributed by atoms with Gasteiger partial charge in [-0.2, -0.15) is 0 Å². The van der Waals surface area contributed by atoms with Gasteiger partial charge in [0.15, 0.2) is 0 Å². The standard InChI is InChI=1S/C11H12ClNO/c12-10-7-13-11-6-8(2-1-5-14)3-4-9(10)11/h3-4,6-7,13-14H,1-2,5H2. The number of hydrogen-bond donors (Lipinski definition) is 2. The fourth-order valence-electron chi connectivity index (χ4n) is 1.58. The Bertz CT molecular complexity index is 436. The highest BCUT2D eigenvalue weighted by Crippen LogP contribution is 2.23. The van der Waals surface area contributed by atoms with Crippen molar-refractivity contribution in [1.82, 2.24) is 4.98 Å². The van der Waals surface area contributed by atoms with Crippen LogP contribution in [-0.2, 0) is 6.42 Å². The molecule has 0 radical (unpaired) electrons. The van der Waals surface area contributed by atoms with E-state index < -0.39 is 0 Å². The van der Waals surface area contributed by atoms with E-state index >= 15 is 0 Å². The third kappa shape index (κ3) is 1.76. The van der Waals surface area contributed by atoms with E-state index in [1.807, 2.05) is 6.07 Å². The summed E-state index contributed by atoms with van der Waals surface area (Å²) in [5.74, 6) is 0. The average molecular weight is 210 g/mol. The van der Waals surface area contributed by atoms with Gasteiger partial charge in [0, 0.05) is 23.7 Å². The first-order valence-corrected chi connectivity index (χ1v) is 5.05. The number of benzene rings is 1. The van der Waals surface area contributed by atoms with Crippen molar-refractivity contribution in [2.24, 2.45) is 0 Å². The smallest absolute Gasteiger partial charge is 0.0659 e. The molecule has 0 spiro atoms. The zero-order valence-electron chi connectivity index (χ0n) is 7.76. The Balaban J connectivity index is 2.32. The minimum absolute atomic E-state index is 0.240. The van der Waals surface area contributed by atoms with Crippen LogP contribution < -0.4 is 0 Å². The van der Waals surface area contributed by atoms with E-state index in [0.717, 1.165) is 28.8 Å². The minimum Gasteiger partial charge on any atom is -0.396 e. The van der Waals surface area contributed by atoms with E-state index in [4.69, 9.17) is 16.7 Å². The van der Waals surface area contributed by atoms with Crippen molar-refractivity contribution < 1.29 is 5.11 Å². The van der Waals surface area contributed by atoms with Gasteiger partial charge in [0.1, 0.15) is 0 Å². The summed E-state index contributed by atoms with van der Waals surface area (Å²) in [5, 5.41) is 10.5. The number of hydrogen-bond acceptors (Lipinski definition) is 1. The molecule has 2 nitrogen and oxygen atoms in total. The summed E-state index contributed by atoms with van der Waals surface area (Å²) in [6, 6.07) is 6.15. The lowest BCUT2D eigenvalue weighted by atomic mass is 10.1. The number of nitrogens with one attached hydrogen (secondary N) is 1. The number of aryl methyl sites for hydroxylation is 1. The Kier molecular flexibility index (Phi) is 2.75. The molecule has 2 aromatic rings. The van der Waals surface area contributed by atoms with Gasteiger partial charge in [0.25, 0.3) is 0 Å². The monoisotopic (exact) mass is 209 g/mol. The van der Waals surface area contributed by atoms with Crippen LogP contribution in [0.4, 0.5) is 0 Å². The van der Waals surface area contributed by atoms with E-state index in [9.17, 15) is 0 Å². The lowest BCUT2D eigenvalue weighted by molar-refractivity contribution is 0.288. The number of aromatic amines is 1. The lowest BCUT2D eigenvalue weighted by Gasteiger charge is -1.99. The van der Waals surface area contributed by atoms with Crippen molar-refractivity contribution in [1.29, 1.82) is 0 Å². The van der Waals surface area contributed by atoms with Crippen molar-refractivity contribution in [3.8, 4) is 0 Å². The van der Waals surface area contributed by atoms with Crippen LogP contribution in [-0.4, -0.2) is 16.7 Å². The van der Waals surface area contributed by atoms with Crippen LogP contribution in [0.25, 0.3) is 10.9 Å². The van der Waals surface area contributed by atoms with Crippen LogP contribution in [0.1, 0.15) is 12.0 Å². The maximum Gasteiger partial charge on any atom is 0.0659 e. The van der Waals surface area contributed by atoms with Crippen molar-refractivity contribution in [3.05, 3.63) is 35.0 Å². The fourth-order valence-corrected chi connectivity index (χ4v) is 1.80. The molecule has 0 bridgehead atoms. The molecule has 0 atom stereocenters. The molecule has 0 saturated heterocycles. The highest BCUT2D eigenvalue weighted by atomic mass is 35.5. The molecule has 1 aromatic carbocycles. The number of aromatic nitrogens is 1. The minimum atomic E-state index is 0.240. The van der Waals surface area contributed by atoms with Crippen molar-refractivity contribution in [3.63, 3.8) is 0 Å². The van der Waals surface area contributed by atoms with Gasteiger partial charge in [-0.15, -0.1) is 0 Å². The molecular formula is C11H12ClNO. The molecule has 0 unspecified atom stereocenters. The molecule has 1 aromatic heterocycles. The number of aliphatic hydroxyl groups excluding tert-OH is 1. The second-order valence-electron chi connectivity index (χ2n) is 3.34. The molecule has 0 aliphatic rings. The third-order valence-corrected chi connectivity index (χ3v) is 2.63. The molecule has 0 amide bonds. The second kappa shape index (κ2) is 4.03. The number of halogens is 1. The van der Waals surface area contributed by atoms with E-state index in [1.165, 1.54) is 5.56 Å². The Labute approximate surface area is 87.5 Å². The van der Waals surface area contributed by atoms with Crippen molar-refractivity contribution in [2.45, 2.75) is 12.8 Å². The second-order valence-corrected chi connectivity index (χ2v) is 3.75. The number of H-pyrrole nitrogens is 1. The van der Waals surface area contributed by atoms with Gasteiger partial charge in [-0.05, 0) is 24.5 Å². The van der Waals surface area contributed by atoms with Crippen LogP contribution in [0.3, 0.4) is 0 Å². The summed E-state index contributed by atoms with van der Waals surface area (Å²) in [7, 11) is 0. The normalized spacial score (nSPS) is 11.0. The van der Waals surface area contributed by atoms with Crippen LogP contribution in [0.2, 0.25) is 5.02 Å². The summed E-state index contributed by atoms with van der Waals surface area (Å²) in [5.41, 5.74) is 2.29. The Morgan fingerprint density at radius 1 is 1.36 bits per heavy atom. The Morgan fingerprint density at radius 3 is 3.00 bits per heavy atom. The van der Waals surface area contributed by atoms with Gasteiger partial charge in [-0.25, -0.2) is 0 Å². The first kappa shape index (κ1) is 9.56. The molecule has 2 N–H and O–H groups in total. The van der Waals surface area contributed by atoms with Gasteiger partial charge >= 0.3 is 0 Å². The molecule has 74 valence electrons. The summed E-state index contributed by atoms with van der Waals surface area (Å²) in [4.78, 5) is 3.11. The number of aliphatic hydroxyl groups is 1. The number of fused-ring (bicyclic) bond motifs is 1. The highest BCUT2D eigenvalue weighted by Gasteiger charge is 2.01. The van der Waals surface area contributed by atoms with Crippen LogP contribution in [0.15, 0.2) is 24.4 Å². The summed E-state index contributed by atoms with van der Waals surface area (Å²) in [6.07, 6.45) is 3.51. The summed E-state index contributed by atoms with van der Waals surface area (Å²) < 4.78 is 0. The van der Waals surface area contributed by atoms with E-state index in [2.05, 4.69) is 17.1 Å². The molecule has 3 heteroatoms. The largest absolute Gasteiger partial charge is 0.396 e. The Hall–Kier alpha value is -0.990. The molecule has 0 aliphatic heterocycles. The molecular weight excluding hydrogens is 198 g/mol. The zero-order chi connectivity index (χ0) is 9.97. The van der Waals surface area contributed by atoms with Gasteiger partial charge in [0.05, 0.1) is 5.02 Å². The average Bonchev–Trinajstić information content (AvgIpc) is 2.57. The van der Waals surface area contributed by atoms with Gasteiger partial charge in [-0.1, -0.05) is 23.7 Å². The predicted molar refractivity (Wildman–Crippen MR) is 58.7 cm³/mol. The predicted octanol–water partition coefficient (Wildman–Crippen LogP) is 2.75. The fraction of sp³-hybridized carbons (Fsp3) is 0.273. The first-order valence-electron chi connectivity index (χ1n) is 4.67. The highest BCUT2D eigenvalue weighted by molar-refractivity contribution is 6.35. The summed E-state index contributed by atoms with van der Waals surface area (Å²) in [6.45, 7) is 0.240. The maximum atomic E-state index is 8.72. The first-order chi connectivity index (χ1) is 6.81. The lowest BCUT2D eigenvalue weighted by Crippen LogP contribution is -1.88. The third-order valence-electron chi connectivity index (χ3n) is 2.32. The molecule has 0 aliphatic carbocycles. The molecule has 0 fully saturated rings. The maximum absolute atomic E-state index is 8.72. The van der Waals surface area contributed by atoms with E-state index in [-0.39, 0.29) is 6.61 Å². The van der Waals surface area contributed by atoms with Gasteiger partial charge in [0.2, 0.25) is 0 Å².